The van der Waals surface area contributed by atoms with E-state index in [-0.39, 0.29) is 21.7 Å². The molecule has 0 radical (unpaired) electrons. The molecule has 0 N–H and O–H groups in total. The maximum atomic E-state index is 15.1. The molecule has 0 saturated carbocycles. The lowest BCUT2D eigenvalue weighted by atomic mass is 9.85. The van der Waals surface area contributed by atoms with Crippen LogP contribution in [0.5, 0.6) is 0 Å². The van der Waals surface area contributed by atoms with Gasteiger partial charge in [0.25, 0.3) is 23.6 Å². The molecule has 2 aliphatic rings. The van der Waals surface area contributed by atoms with Crippen LogP contribution in [0.15, 0.2) is 121 Å². The van der Waals surface area contributed by atoms with Gasteiger partial charge in [-0.3, -0.25) is 19.2 Å². The number of hydrogen-bond donors (Lipinski definition) is 0. The average Bonchev–Trinajstić information content (AvgIpc) is 3.98. The number of aryl methyl sites for hydroxylation is 2. The van der Waals surface area contributed by atoms with Gasteiger partial charge in [-0.2, -0.15) is 0 Å². The molecule has 2 aliphatic heterocycles. The van der Waals surface area contributed by atoms with E-state index in [0.29, 0.717) is 56.1 Å². The fraction of sp³-hybridized carbons (Fsp3) is 0.281. The molecule has 7 aromatic carbocycles. The molecule has 0 fully saturated rings. The molecule has 0 saturated heterocycles. The first kappa shape index (κ1) is 46.8. The Morgan fingerprint density at radius 2 is 0.597 bits per heavy atom. The maximum Gasteiger partial charge on any atom is 0.268 e. The summed E-state index contributed by atoms with van der Waals surface area (Å²) in [6, 6.07) is 40.7. The van der Waals surface area contributed by atoms with Crippen molar-refractivity contribution in [2.24, 2.45) is 0 Å². The Morgan fingerprint density at radius 1 is 0.319 bits per heavy atom. The van der Waals surface area contributed by atoms with Gasteiger partial charge >= 0.3 is 0 Å². The highest BCUT2D eigenvalue weighted by molar-refractivity contribution is 6.37. The largest absolute Gasteiger partial charge is 0.308 e. The van der Waals surface area contributed by atoms with Crippen molar-refractivity contribution in [3.63, 3.8) is 0 Å². The highest BCUT2D eigenvalue weighted by Gasteiger charge is 2.43. The van der Waals surface area contributed by atoms with Crippen LogP contribution < -0.4 is 9.80 Å². The number of rotatable bonds is 4. The highest BCUT2D eigenvalue weighted by atomic mass is 16.2. The number of imide groups is 2. The Bertz CT molecular complexity index is 3510. The van der Waals surface area contributed by atoms with E-state index < -0.39 is 23.6 Å². The van der Waals surface area contributed by atoms with Crippen molar-refractivity contribution < 1.29 is 19.2 Å². The second kappa shape index (κ2) is 15.5. The quantitative estimate of drug-likeness (QED) is 0.165. The van der Waals surface area contributed by atoms with Crippen molar-refractivity contribution in [3.05, 3.63) is 177 Å². The predicted octanol–water partition coefficient (Wildman–Crippen LogP) is 15.3. The Kier molecular flexibility index (Phi) is 10.0. The zero-order chi connectivity index (χ0) is 51.5. The van der Waals surface area contributed by atoms with Gasteiger partial charge in [0, 0.05) is 21.5 Å². The minimum atomic E-state index is -0.436. The monoisotopic (exact) mass is 950 g/mol. The number of carbonyl (C=O) groups is 4. The van der Waals surface area contributed by atoms with Gasteiger partial charge in [0.15, 0.2) is 0 Å². The fourth-order valence-electron chi connectivity index (χ4n) is 11.0. The molecule has 8 nitrogen and oxygen atoms in total. The van der Waals surface area contributed by atoms with E-state index in [4.69, 9.17) is 0 Å². The van der Waals surface area contributed by atoms with Crippen molar-refractivity contribution in [1.29, 1.82) is 0 Å². The van der Waals surface area contributed by atoms with Crippen LogP contribution in [0, 0.1) is 13.8 Å². The normalized spacial score (nSPS) is 14.6. The Balaban J connectivity index is 0.995. The Morgan fingerprint density at radius 3 is 0.861 bits per heavy atom. The fourth-order valence-corrected chi connectivity index (χ4v) is 11.0. The first-order chi connectivity index (χ1) is 33.8. The topological polar surface area (TPSA) is 84.6 Å². The molecular formula is C64H62N4O4. The number of hydrogen-bond acceptors (Lipinski definition) is 4. The van der Waals surface area contributed by atoms with E-state index in [2.05, 4.69) is 165 Å². The summed E-state index contributed by atoms with van der Waals surface area (Å²) < 4.78 is 4.25. The van der Waals surface area contributed by atoms with Gasteiger partial charge in [0.2, 0.25) is 0 Å². The molecule has 4 heterocycles. The van der Waals surface area contributed by atoms with Gasteiger partial charge in [-0.05, 0) is 154 Å². The van der Waals surface area contributed by atoms with Gasteiger partial charge in [-0.15, -0.1) is 0 Å². The third-order valence-electron chi connectivity index (χ3n) is 15.3. The van der Waals surface area contributed by atoms with E-state index >= 15 is 9.59 Å². The number of aromatic nitrogens is 2. The van der Waals surface area contributed by atoms with Gasteiger partial charge in [-0.1, -0.05) is 119 Å². The van der Waals surface area contributed by atoms with Crippen molar-refractivity contribution in [1.82, 2.24) is 9.13 Å². The Hall–Kier alpha value is -7.58. The van der Waals surface area contributed by atoms with Crippen LogP contribution in [0.25, 0.3) is 55.0 Å². The number of benzene rings is 7. The van der Waals surface area contributed by atoms with Gasteiger partial charge in [-0.25, -0.2) is 9.80 Å². The number of nitrogens with zero attached hydrogens (tertiary/aromatic N) is 4. The van der Waals surface area contributed by atoms with Crippen LogP contribution >= 0.6 is 0 Å². The van der Waals surface area contributed by atoms with Crippen LogP contribution in [-0.2, 0) is 21.7 Å². The van der Waals surface area contributed by atoms with E-state index in [1.807, 2.05) is 38.1 Å². The van der Waals surface area contributed by atoms with Gasteiger partial charge in [0.05, 0.1) is 67.1 Å². The lowest BCUT2D eigenvalue weighted by molar-refractivity contribution is 0.0909. The van der Waals surface area contributed by atoms with Gasteiger partial charge < -0.3 is 9.13 Å². The molecule has 0 unspecified atom stereocenters. The molecule has 0 aliphatic carbocycles. The summed E-state index contributed by atoms with van der Waals surface area (Å²) in [5.41, 5.74) is 12.7. The third-order valence-corrected chi connectivity index (χ3v) is 15.3. The number of amides is 4. The first-order valence-corrected chi connectivity index (χ1v) is 25.1. The minimum Gasteiger partial charge on any atom is -0.308 e. The SMILES string of the molecule is Cc1cc(N2C(=O)c3cccc(-n4c5ccc(C(C)(C)C)cc5c5cc(C(C)(C)C)ccc54)c3C2=O)c(C)cc1N1C(=O)c2cccc(-n3c4ccc(C(C)(C)C)cc4c4cc(C(C)(C)C)ccc43)c2C1=O. The summed E-state index contributed by atoms with van der Waals surface area (Å²) in [5, 5.41) is 4.32. The summed E-state index contributed by atoms with van der Waals surface area (Å²) >= 11 is 0. The second-order valence-electron chi connectivity index (χ2n) is 24.3. The van der Waals surface area contributed by atoms with E-state index in [1.54, 1.807) is 24.3 Å². The third kappa shape index (κ3) is 6.92. The average molecular weight is 951 g/mol. The summed E-state index contributed by atoms with van der Waals surface area (Å²) in [7, 11) is 0. The van der Waals surface area contributed by atoms with Crippen LogP contribution in [-0.4, -0.2) is 32.8 Å². The van der Waals surface area contributed by atoms with Crippen molar-refractivity contribution in [2.45, 2.75) is 119 Å². The molecule has 2 aromatic heterocycles. The molecule has 9 aromatic rings. The van der Waals surface area contributed by atoms with Gasteiger partial charge in [0.1, 0.15) is 0 Å². The van der Waals surface area contributed by atoms with E-state index in [9.17, 15) is 9.59 Å². The lowest BCUT2D eigenvalue weighted by Gasteiger charge is -2.23. The summed E-state index contributed by atoms with van der Waals surface area (Å²) in [5.74, 6) is -1.74. The lowest BCUT2D eigenvalue weighted by Crippen LogP contribution is -2.32. The van der Waals surface area contributed by atoms with E-state index in [0.717, 1.165) is 43.6 Å². The molecule has 8 heteroatoms. The summed E-state index contributed by atoms with van der Waals surface area (Å²) in [6.07, 6.45) is 0. The van der Waals surface area contributed by atoms with E-state index in [1.165, 1.54) is 32.1 Å². The predicted molar refractivity (Wildman–Crippen MR) is 295 cm³/mol. The zero-order valence-corrected chi connectivity index (χ0v) is 44.0. The molecule has 362 valence electrons. The number of fused-ring (bicyclic) bond motifs is 8. The summed E-state index contributed by atoms with van der Waals surface area (Å²) in [6.45, 7) is 30.1. The second-order valence-corrected chi connectivity index (χ2v) is 24.3. The van der Waals surface area contributed by atoms with Crippen molar-refractivity contribution in [3.8, 4) is 11.4 Å². The zero-order valence-electron chi connectivity index (χ0n) is 44.0. The highest BCUT2D eigenvalue weighted by Crippen LogP contribution is 2.45. The Labute approximate surface area is 421 Å². The molecule has 72 heavy (non-hydrogen) atoms. The van der Waals surface area contributed by atoms with Crippen LogP contribution in [0.4, 0.5) is 11.4 Å². The maximum absolute atomic E-state index is 15.1. The molecule has 4 amide bonds. The van der Waals surface area contributed by atoms with Crippen molar-refractivity contribution >= 4 is 78.6 Å². The standard InChI is InChI=1S/C64H62N4O4/c1-35-29-54(68-58(70)42-18-16-20-52(56(42)60(68)72)66-49-27-23-39(63(9,10)11)33-45(49)46-34-40(64(12,13)14)24-28-50(46)66)36(2)30-53(35)67-57(69)41-17-15-19-51(55(41)59(67)71)65-47-25-21-37(61(3,4)5)31-43(47)44-32-38(62(6,7)8)22-26-48(44)65/h15-34H,1-14H3. The summed E-state index contributed by atoms with van der Waals surface area (Å²) in [4.78, 5) is 62.0. The molecular weight excluding hydrogens is 889 g/mol. The number of anilines is 2. The molecule has 0 atom stereocenters. The van der Waals surface area contributed by atoms with Crippen LogP contribution in [0.3, 0.4) is 0 Å². The first-order valence-electron chi connectivity index (χ1n) is 25.1. The molecule has 0 spiro atoms. The number of carbonyl (C=O) groups excluding carboxylic acids is 4. The van der Waals surface area contributed by atoms with Crippen LogP contribution in [0.1, 0.15) is 158 Å². The molecule has 11 rings (SSSR count). The smallest absolute Gasteiger partial charge is 0.268 e. The van der Waals surface area contributed by atoms with Crippen LogP contribution in [0.2, 0.25) is 0 Å². The van der Waals surface area contributed by atoms with Crippen molar-refractivity contribution in [2.75, 3.05) is 9.80 Å². The molecule has 0 bridgehead atoms. The minimum absolute atomic E-state index is 0.0869.